The lowest BCUT2D eigenvalue weighted by Gasteiger charge is -2.75. The Hall–Kier alpha value is -3.27. The van der Waals surface area contributed by atoms with Gasteiger partial charge in [0.05, 0.1) is 31.3 Å². The average Bonchev–Trinajstić information content (AvgIpc) is 3.06. The normalized spacial score (nSPS) is 23.2. The van der Waals surface area contributed by atoms with Crippen LogP contribution < -0.4 is 15.6 Å². The molecule has 0 spiro atoms. The minimum Gasteiger partial charge on any atom is -0.496 e. The van der Waals surface area contributed by atoms with Crippen LogP contribution >= 0.6 is 0 Å². The maximum absolute atomic E-state index is 13.5. The number of carbonyl (C=O) groups excluding carboxylic acids is 1. The number of nitrogens with zero attached hydrogens (tertiary/aromatic N) is 2. The number of aromatic nitrogens is 2. The van der Waals surface area contributed by atoms with Crippen LogP contribution in [0, 0.1) is 19.3 Å². The average molecular weight is 531 g/mol. The Labute approximate surface area is 219 Å². The van der Waals surface area contributed by atoms with E-state index in [2.05, 4.69) is 21.8 Å². The maximum Gasteiger partial charge on any atom is 0.401 e. The Morgan fingerprint density at radius 3 is 2.53 bits per heavy atom. The summed E-state index contributed by atoms with van der Waals surface area (Å²) in [5, 5.41) is 3.69. The maximum atomic E-state index is 13.5. The highest BCUT2D eigenvalue weighted by atomic mass is 19.4. The predicted molar refractivity (Wildman–Crippen MR) is 139 cm³/mol. The molecule has 38 heavy (non-hydrogen) atoms. The summed E-state index contributed by atoms with van der Waals surface area (Å²) in [6.45, 7) is 4.87. The standard InChI is InChI=1S/C28H33F3N4O3/c1-16-10-22(38-5)20(24(36)33-16)11-32-25(37)23-17(2)35(21-9-7-6-8-19(21)23)18(3)26-12-27(13-26,14-26)34(4)15-28(29,30)31/h6-10,18H,11-15H2,1-5H3,(H,32,37)(H,33,36)/t18-,26?,27?/m1/s1. The Morgan fingerprint density at radius 2 is 1.89 bits per heavy atom. The van der Waals surface area contributed by atoms with Gasteiger partial charge in [0, 0.05) is 33.9 Å². The molecule has 0 saturated heterocycles. The SMILES string of the molecule is COc1cc(C)[nH]c(=O)c1CNC(=O)c1c(C)n([C@H](C)C23CC(N(C)CC(F)(F)F)(C2)C3)c2ccccc12. The fourth-order valence-corrected chi connectivity index (χ4v) is 6.84. The highest BCUT2D eigenvalue weighted by molar-refractivity contribution is 6.08. The highest BCUT2D eigenvalue weighted by Gasteiger charge is 2.72. The summed E-state index contributed by atoms with van der Waals surface area (Å²) < 4.78 is 46.5. The molecule has 3 saturated carbocycles. The number of fused-ring (bicyclic) bond motifs is 1. The highest BCUT2D eigenvalue weighted by Crippen LogP contribution is 2.74. The number of pyridine rings is 1. The molecule has 1 aromatic carbocycles. The third kappa shape index (κ3) is 4.09. The van der Waals surface area contributed by atoms with Gasteiger partial charge in [0.15, 0.2) is 0 Å². The lowest BCUT2D eigenvalue weighted by Crippen LogP contribution is -2.76. The zero-order chi connectivity index (χ0) is 27.6. The predicted octanol–water partition coefficient (Wildman–Crippen LogP) is 4.86. The molecule has 3 aliphatic carbocycles. The third-order valence-corrected chi connectivity index (χ3v) is 8.80. The van der Waals surface area contributed by atoms with E-state index in [-0.39, 0.29) is 35.0 Å². The van der Waals surface area contributed by atoms with Crippen molar-refractivity contribution in [1.29, 1.82) is 0 Å². The van der Waals surface area contributed by atoms with Gasteiger partial charge >= 0.3 is 6.18 Å². The third-order valence-electron chi connectivity index (χ3n) is 8.80. The van der Waals surface area contributed by atoms with Crippen molar-refractivity contribution in [2.24, 2.45) is 5.41 Å². The van der Waals surface area contributed by atoms with Crippen molar-refractivity contribution in [3.63, 3.8) is 0 Å². The molecular formula is C28H33F3N4O3. The van der Waals surface area contributed by atoms with Crippen LogP contribution in [0.2, 0.25) is 0 Å². The smallest absolute Gasteiger partial charge is 0.401 e. The number of methoxy groups -OCH3 is 1. The molecule has 3 aliphatic rings. The summed E-state index contributed by atoms with van der Waals surface area (Å²) in [5.41, 5.74) is 2.44. The molecule has 3 fully saturated rings. The van der Waals surface area contributed by atoms with E-state index < -0.39 is 12.7 Å². The zero-order valence-electron chi connectivity index (χ0n) is 22.3. The van der Waals surface area contributed by atoms with E-state index in [4.69, 9.17) is 4.74 Å². The summed E-state index contributed by atoms with van der Waals surface area (Å²) in [4.78, 5) is 30.2. The van der Waals surface area contributed by atoms with Crippen LogP contribution in [0.5, 0.6) is 5.75 Å². The van der Waals surface area contributed by atoms with Gasteiger partial charge in [-0.1, -0.05) is 18.2 Å². The molecule has 2 bridgehead atoms. The molecule has 2 N–H and O–H groups in total. The fourth-order valence-electron chi connectivity index (χ4n) is 6.84. The number of hydrogen-bond donors (Lipinski definition) is 2. The van der Waals surface area contributed by atoms with E-state index in [0.717, 1.165) is 16.6 Å². The first-order valence-corrected chi connectivity index (χ1v) is 12.7. The van der Waals surface area contributed by atoms with Crippen LogP contribution in [0.15, 0.2) is 35.1 Å². The number of carbonyl (C=O) groups is 1. The van der Waals surface area contributed by atoms with Crippen LogP contribution in [0.25, 0.3) is 10.9 Å². The molecule has 1 amide bonds. The van der Waals surface area contributed by atoms with Crippen molar-refractivity contribution >= 4 is 16.8 Å². The topological polar surface area (TPSA) is 79.4 Å². The van der Waals surface area contributed by atoms with Gasteiger partial charge in [-0.3, -0.25) is 14.5 Å². The number of hydrogen-bond acceptors (Lipinski definition) is 4. The second-order valence-electron chi connectivity index (χ2n) is 11.1. The molecule has 0 aliphatic heterocycles. The summed E-state index contributed by atoms with van der Waals surface area (Å²) in [6.07, 6.45) is -2.10. The number of H-pyrrole nitrogens is 1. The van der Waals surface area contributed by atoms with Crippen molar-refractivity contribution < 1.29 is 22.7 Å². The molecule has 6 rings (SSSR count). The largest absolute Gasteiger partial charge is 0.496 e. The number of benzene rings is 1. The van der Waals surface area contributed by atoms with Crippen molar-refractivity contribution in [3.8, 4) is 5.75 Å². The minimum atomic E-state index is -4.22. The van der Waals surface area contributed by atoms with Crippen molar-refractivity contribution in [3.05, 3.63) is 63.2 Å². The molecule has 10 heteroatoms. The van der Waals surface area contributed by atoms with Crippen LogP contribution in [0.1, 0.15) is 59.5 Å². The monoisotopic (exact) mass is 530 g/mol. The Balaban J connectivity index is 1.40. The summed E-state index contributed by atoms with van der Waals surface area (Å²) in [5.74, 6) is 0.109. The van der Waals surface area contributed by atoms with Gasteiger partial charge in [0.25, 0.3) is 11.5 Å². The number of nitrogens with one attached hydrogen (secondary N) is 2. The lowest BCUT2D eigenvalue weighted by molar-refractivity contribution is -0.257. The van der Waals surface area contributed by atoms with Gasteiger partial charge in [-0.05, 0) is 64.6 Å². The van der Waals surface area contributed by atoms with Gasteiger partial charge in [-0.2, -0.15) is 13.2 Å². The van der Waals surface area contributed by atoms with E-state index in [9.17, 15) is 22.8 Å². The molecule has 2 heterocycles. The van der Waals surface area contributed by atoms with E-state index in [1.165, 1.54) is 12.0 Å². The van der Waals surface area contributed by atoms with Crippen LogP contribution in [0.4, 0.5) is 13.2 Å². The number of rotatable bonds is 8. The Kier molecular flexibility index (Phi) is 6.17. The molecule has 0 unspecified atom stereocenters. The van der Waals surface area contributed by atoms with Crippen molar-refractivity contribution in [2.45, 2.75) is 64.3 Å². The molecule has 2 aromatic heterocycles. The van der Waals surface area contributed by atoms with Gasteiger partial charge in [0.1, 0.15) is 5.75 Å². The van der Waals surface area contributed by atoms with E-state index in [1.54, 1.807) is 20.0 Å². The first-order chi connectivity index (χ1) is 17.8. The number of halogens is 3. The number of amides is 1. The molecular weight excluding hydrogens is 497 g/mol. The van der Waals surface area contributed by atoms with Crippen molar-refractivity contribution in [1.82, 2.24) is 19.8 Å². The molecule has 0 radical (unpaired) electrons. The summed E-state index contributed by atoms with van der Waals surface area (Å²) in [6, 6.07) is 9.40. The second kappa shape index (κ2) is 8.90. The number of para-hydroxylation sites is 1. The first-order valence-electron chi connectivity index (χ1n) is 12.7. The fraction of sp³-hybridized carbons (Fsp3) is 0.500. The van der Waals surface area contributed by atoms with E-state index >= 15 is 0 Å². The van der Waals surface area contributed by atoms with Crippen molar-refractivity contribution in [2.75, 3.05) is 20.7 Å². The number of ether oxygens (including phenoxy) is 1. The first kappa shape index (κ1) is 26.3. The van der Waals surface area contributed by atoms with Gasteiger partial charge < -0.3 is 19.6 Å². The Bertz CT molecular complexity index is 1450. The summed E-state index contributed by atoms with van der Waals surface area (Å²) >= 11 is 0. The van der Waals surface area contributed by atoms with Gasteiger partial charge in [0.2, 0.25) is 0 Å². The lowest BCUT2D eigenvalue weighted by atomic mass is 9.36. The van der Waals surface area contributed by atoms with Crippen LogP contribution in [-0.4, -0.2) is 52.8 Å². The number of aromatic amines is 1. The number of aryl methyl sites for hydroxylation is 1. The minimum absolute atomic E-state index is 0.00409. The molecule has 7 nitrogen and oxygen atoms in total. The van der Waals surface area contributed by atoms with Gasteiger partial charge in [-0.25, -0.2) is 0 Å². The van der Waals surface area contributed by atoms with E-state index in [1.807, 2.05) is 31.2 Å². The molecule has 1 atom stereocenters. The van der Waals surface area contributed by atoms with E-state index in [0.29, 0.717) is 41.8 Å². The number of alkyl halides is 3. The van der Waals surface area contributed by atoms with Crippen LogP contribution in [-0.2, 0) is 6.54 Å². The van der Waals surface area contributed by atoms with Gasteiger partial charge in [-0.15, -0.1) is 0 Å². The molecule has 204 valence electrons. The molecule has 3 aromatic rings. The summed E-state index contributed by atoms with van der Waals surface area (Å²) in [7, 11) is 3.04. The zero-order valence-corrected chi connectivity index (χ0v) is 22.3. The quantitative estimate of drug-likeness (QED) is 0.436. The second-order valence-corrected chi connectivity index (χ2v) is 11.1. The Morgan fingerprint density at radius 1 is 1.24 bits per heavy atom. The van der Waals surface area contributed by atoms with Crippen LogP contribution in [0.3, 0.4) is 0 Å².